The Hall–Kier alpha value is -1.76. The minimum atomic E-state index is 0.969. The summed E-state index contributed by atoms with van der Waals surface area (Å²) in [6, 6.07) is 14.6. The first-order valence-corrected chi connectivity index (χ1v) is 4.72. The van der Waals surface area contributed by atoms with Crippen molar-refractivity contribution in [3.05, 3.63) is 48.2 Å². The maximum atomic E-state index is 5.58. The summed E-state index contributed by atoms with van der Waals surface area (Å²) < 4.78 is 5.58. The van der Waals surface area contributed by atoms with Gasteiger partial charge in [0.15, 0.2) is 0 Å². The van der Waals surface area contributed by atoms with Gasteiger partial charge in [0.05, 0.1) is 0 Å². The van der Waals surface area contributed by atoms with Crippen molar-refractivity contribution in [1.29, 1.82) is 0 Å². The van der Waals surface area contributed by atoms with Crippen LogP contribution < -0.4 is 0 Å². The van der Waals surface area contributed by atoms with Gasteiger partial charge in [0.2, 0.25) is 0 Å². The molecule has 2 aromatic carbocycles. The van der Waals surface area contributed by atoms with E-state index in [4.69, 9.17) is 4.42 Å². The van der Waals surface area contributed by atoms with Crippen molar-refractivity contribution >= 4 is 21.7 Å². The molecule has 0 bridgehead atoms. The zero-order chi connectivity index (χ0) is 9.54. The van der Waals surface area contributed by atoms with E-state index < -0.39 is 0 Å². The largest absolute Gasteiger partial charge is 0.461 e. The highest BCUT2D eigenvalue weighted by molar-refractivity contribution is 6.05. The van der Waals surface area contributed by atoms with Crippen molar-refractivity contribution in [2.75, 3.05) is 0 Å². The Labute approximate surface area is 82.0 Å². The monoisotopic (exact) mass is 182 g/mol. The normalized spacial score (nSPS) is 11.2. The molecule has 1 aromatic heterocycles. The summed E-state index contributed by atoms with van der Waals surface area (Å²) in [5.41, 5.74) is 0.973. The predicted octanol–water partition coefficient (Wildman–Crippen LogP) is 3.89. The Morgan fingerprint density at radius 2 is 1.79 bits per heavy atom. The summed E-state index contributed by atoms with van der Waals surface area (Å²) in [6.07, 6.45) is 0. The third-order valence-corrected chi connectivity index (χ3v) is 2.55. The molecule has 0 fully saturated rings. The number of fused-ring (bicyclic) bond motifs is 3. The van der Waals surface area contributed by atoms with Gasteiger partial charge >= 0.3 is 0 Å². The molecule has 1 heterocycles. The van der Waals surface area contributed by atoms with E-state index in [1.807, 2.05) is 13.0 Å². The average Bonchev–Trinajstić information content (AvgIpc) is 2.59. The van der Waals surface area contributed by atoms with E-state index in [-0.39, 0.29) is 0 Å². The highest BCUT2D eigenvalue weighted by Crippen LogP contribution is 2.27. The molecule has 0 aliphatic carbocycles. The van der Waals surface area contributed by atoms with Crippen molar-refractivity contribution in [2.45, 2.75) is 6.92 Å². The Morgan fingerprint density at radius 3 is 2.71 bits per heavy atom. The summed E-state index contributed by atoms with van der Waals surface area (Å²) in [5, 5.41) is 3.74. The molecule has 0 saturated carbocycles. The highest BCUT2D eigenvalue weighted by atomic mass is 16.3. The minimum absolute atomic E-state index is 0.969. The van der Waals surface area contributed by atoms with Gasteiger partial charge in [-0.15, -0.1) is 0 Å². The van der Waals surface area contributed by atoms with Gasteiger partial charge in [-0.25, -0.2) is 0 Å². The number of hydrogen-bond acceptors (Lipinski definition) is 1. The summed E-state index contributed by atoms with van der Waals surface area (Å²) in [7, 11) is 0. The molecule has 68 valence electrons. The van der Waals surface area contributed by atoms with E-state index in [9.17, 15) is 0 Å². The van der Waals surface area contributed by atoms with Crippen LogP contribution in [0.2, 0.25) is 0 Å². The molecular formula is C13H10O. The van der Waals surface area contributed by atoms with E-state index in [1.165, 1.54) is 16.2 Å². The third-order valence-electron chi connectivity index (χ3n) is 2.55. The van der Waals surface area contributed by atoms with Gasteiger partial charge in [-0.1, -0.05) is 30.3 Å². The van der Waals surface area contributed by atoms with Crippen LogP contribution in [0.4, 0.5) is 0 Å². The zero-order valence-electron chi connectivity index (χ0n) is 7.95. The van der Waals surface area contributed by atoms with Crippen LogP contribution in [0.15, 0.2) is 46.9 Å². The summed E-state index contributed by atoms with van der Waals surface area (Å²) in [5.74, 6) is 0.969. The topological polar surface area (TPSA) is 13.1 Å². The maximum Gasteiger partial charge on any atom is 0.134 e. The molecule has 0 spiro atoms. The molecule has 0 amide bonds. The van der Waals surface area contributed by atoms with Gasteiger partial charge in [0, 0.05) is 5.39 Å². The number of rotatable bonds is 0. The fourth-order valence-corrected chi connectivity index (χ4v) is 1.92. The molecule has 0 N–H and O–H groups in total. The van der Waals surface area contributed by atoms with Gasteiger partial charge in [-0.05, 0) is 29.8 Å². The first-order valence-electron chi connectivity index (χ1n) is 4.72. The molecule has 0 atom stereocenters. The molecule has 0 unspecified atom stereocenters. The summed E-state index contributed by atoms with van der Waals surface area (Å²) in [4.78, 5) is 0. The first kappa shape index (κ1) is 7.63. The van der Waals surface area contributed by atoms with Gasteiger partial charge in [-0.2, -0.15) is 0 Å². The lowest BCUT2D eigenvalue weighted by atomic mass is 10.1. The number of aryl methyl sites for hydroxylation is 1. The average molecular weight is 182 g/mol. The van der Waals surface area contributed by atoms with Crippen LogP contribution in [-0.2, 0) is 0 Å². The van der Waals surface area contributed by atoms with E-state index in [1.54, 1.807) is 0 Å². The van der Waals surface area contributed by atoms with Crippen LogP contribution in [0.1, 0.15) is 5.76 Å². The standard InChI is InChI=1S/C13H10O/c1-9-8-12-11-5-3-2-4-10(11)6-7-13(12)14-9/h2-8H,1H3. The smallest absolute Gasteiger partial charge is 0.134 e. The van der Waals surface area contributed by atoms with Gasteiger partial charge in [0.25, 0.3) is 0 Å². The Kier molecular flexibility index (Phi) is 1.42. The minimum Gasteiger partial charge on any atom is -0.461 e. The highest BCUT2D eigenvalue weighted by Gasteiger charge is 2.03. The fraction of sp³-hybridized carbons (Fsp3) is 0.0769. The number of furan rings is 1. The fourth-order valence-electron chi connectivity index (χ4n) is 1.92. The SMILES string of the molecule is Cc1cc2c(ccc3ccccc32)o1. The third kappa shape index (κ3) is 0.956. The molecule has 0 aliphatic rings. The van der Waals surface area contributed by atoms with Gasteiger partial charge in [-0.3, -0.25) is 0 Å². The second-order valence-electron chi connectivity index (χ2n) is 3.56. The van der Waals surface area contributed by atoms with Gasteiger partial charge < -0.3 is 4.42 Å². The van der Waals surface area contributed by atoms with Crippen molar-refractivity contribution in [2.24, 2.45) is 0 Å². The lowest BCUT2D eigenvalue weighted by Gasteiger charge is -1.96. The van der Waals surface area contributed by atoms with Crippen LogP contribution in [-0.4, -0.2) is 0 Å². The van der Waals surface area contributed by atoms with E-state index in [0.717, 1.165) is 11.3 Å². The lowest BCUT2D eigenvalue weighted by Crippen LogP contribution is -1.71. The van der Waals surface area contributed by atoms with Crippen LogP contribution in [0, 0.1) is 6.92 Å². The Bertz CT molecular complexity index is 605. The molecular weight excluding hydrogens is 172 g/mol. The summed E-state index contributed by atoms with van der Waals surface area (Å²) >= 11 is 0. The van der Waals surface area contributed by atoms with E-state index in [0.29, 0.717) is 0 Å². The second kappa shape index (κ2) is 2.61. The van der Waals surface area contributed by atoms with Crippen LogP contribution in [0.3, 0.4) is 0 Å². The van der Waals surface area contributed by atoms with E-state index in [2.05, 4.69) is 36.4 Å². The Balaban J connectivity index is 2.60. The molecule has 0 aliphatic heterocycles. The van der Waals surface area contributed by atoms with Crippen LogP contribution in [0.25, 0.3) is 21.7 Å². The van der Waals surface area contributed by atoms with Crippen molar-refractivity contribution in [1.82, 2.24) is 0 Å². The van der Waals surface area contributed by atoms with Gasteiger partial charge in [0.1, 0.15) is 11.3 Å². The molecule has 14 heavy (non-hydrogen) atoms. The molecule has 3 aromatic rings. The molecule has 0 radical (unpaired) electrons. The first-order chi connectivity index (χ1) is 6.84. The maximum absolute atomic E-state index is 5.58. The lowest BCUT2D eigenvalue weighted by molar-refractivity contribution is 0.579. The Morgan fingerprint density at radius 1 is 0.929 bits per heavy atom. The number of hydrogen-bond donors (Lipinski definition) is 0. The number of benzene rings is 2. The molecule has 1 heteroatoms. The van der Waals surface area contributed by atoms with Crippen LogP contribution in [0.5, 0.6) is 0 Å². The van der Waals surface area contributed by atoms with Crippen molar-refractivity contribution in [3.63, 3.8) is 0 Å². The predicted molar refractivity (Wildman–Crippen MR) is 58.5 cm³/mol. The molecule has 3 rings (SSSR count). The van der Waals surface area contributed by atoms with Crippen molar-refractivity contribution < 1.29 is 4.42 Å². The van der Waals surface area contributed by atoms with Crippen molar-refractivity contribution in [3.8, 4) is 0 Å². The molecule has 0 saturated heterocycles. The second-order valence-corrected chi connectivity index (χ2v) is 3.56. The zero-order valence-corrected chi connectivity index (χ0v) is 7.95. The quantitative estimate of drug-likeness (QED) is 0.514. The van der Waals surface area contributed by atoms with E-state index >= 15 is 0 Å². The van der Waals surface area contributed by atoms with Crippen LogP contribution >= 0.6 is 0 Å². The summed E-state index contributed by atoms with van der Waals surface area (Å²) in [6.45, 7) is 1.98. The molecule has 1 nitrogen and oxygen atoms in total.